The number of nitro benzene ring substituents is 1. The number of anilines is 1. The summed E-state index contributed by atoms with van der Waals surface area (Å²) in [6, 6.07) is 15.8. The van der Waals surface area contributed by atoms with E-state index in [0.29, 0.717) is 11.3 Å². The van der Waals surface area contributed by atoms with Crippen LogP contribution >= 0.6 is 11.3 Å². The van der Waals surface area contributed by atoms with Crippen molar-refractivity contribution in [1.29, 1.82) is 0 Å². The molecule has 0 aliphatic carbocycles. The fourth-order valence-electron chi connectivity index (χ4n) is 3.61. The zero-order chi connectivity index (χ0) is 19.8. The van der Waals surface area contributed by atoms with E-state index in [0.717, 1.165) is 21.7 Å². The number of carbonyl (C=O) groups is 1. The molecule has 1 aromatic heterocycles. The third-order valence-electron chi connectivity index (χ3n) is 4.83. The number of thiophene rings is 1. The summed E-state index contributed by atoms with van der Waals surface area (Å²) >= 11 is 1.48. The second-order valence-corrected chi connectivity index (χ2v) is 7.37. The van der Waals surface area contributed by atoms with E-state index in [-0.39, 0.29) is 11.3 Å². The summed E-state index contributed by atoms with van der Waals surface area (Å²) in [5.41, 5.74) is 3.68. The number of aliphatic carboxylic acids is 1. The Balaban J connectivity index is 1.98. The molecule has 0 saturated heterocycles. The van der Waals surface area contributed by atoms with Crippen LogP contribution < -0.4 is 10.4 Å². The van der Waals surface area contributed by atoms with Crippen LogP contribution in [0.15, 0.2) is 71.2 Å². The van der Waals surface area contributed by atoms with E-state index in [2.05, 4.69) is 5.32 Å². The molecule has 1 aliphatic heterocycles. The Morgan fingerprint density at radius 2 is 1.89 bits per heavy atom. The molecule has 6 nitrogen and oxygen atoms in total. The normalized spacial score (nSPS) is 15.7. The smallest absolute Gasteiger partial charge is 0.269 e. The molecule has 140 valence electrons. The van der Waals surface area contributed by atoms with Crippen molar-refractivity contribution < 1.29 is 14.8 Å². The summed E-state index contributed by atoms with van der Waals surface area (Å²) < 4.78 is 0. The molecule has 1 N–H and O–H groups in total. The average molecular weight is 391 g/mol. The Morgan fingerprint density at radius 3 is 2.57 bits per heavy atom. The zero-order valence-corrected chi connectivity index (χ0v) is 15.7. The number of fused-ring (bicyclic) bond motifs is 1. The first-order chi connectivity index (χ1) is 13.5. The minimum absolute atomic E-state index is 0.0792. The number of carboxylic acid groups (broad SMARTS) is 1. The van der Waals surface area contributed by atoms with Crippen molar-refractivity contribution in [3.63, 3.8) is 0 Å². The fraction of sp³-hybridized carbons (Fsp3) is 0.0952. The first-order valence-electron chi connectivity index (χ1n) is 8.57. The van der Waals surface area contributed by atoms with Gasteiger partial charge in [-0.05, 0) is 23.6 Å². The number of nitro groups is 1. The summed E-state index contributed by atoms with van der Waals surface area (Å²) in [6.07, 6.45) is 0. The van der Waals surface area contributed by atoms with Gasteiger partial charge in [-0.15, -0.1) is 11.3 Å². The van der Waals surface area contributed by atoms with Crippen molar-refractivity contribution in [1.82, 2.24) is 0 Å². The van der Waals surface area contributed by atoms with Gasteiger partial charge in [-0.1, -0.05) is 42.5 Å². The molecule has 1 atom stereocenters. The number of non-ortho nitro benzene ring substituents is 1. The van der Waals surface area contributed by atoms with Gasteiger partial charge < -0.3 is 15.2 Å². The van der Waals surface area contributed by atoms with E-state index >= 15 is 0 Å². The summed E-state index contributed by atoms with van der Waals surface area (Å²) in [4.78, 5) is 22.8. The third kappa shape index (κ3) is 2.95. The molecular formula is C21H15N2O4S-. The lowest BCUT2D eigenvalue weighted by atomic mass is 9.80. The van der Waals surface area contributed by atoms with Crippen molar-refractivity contribution in [2.45, 2.75) is 12.8 Å². The summed E-state index contributed by atoms with van der Waals surface area (Å²) in [6.45, 7) is 1.68. The van der Waals surface area contributed by atoms with Crippen LogP contribution in [0, 0.1) is 10.1 Å². The van der Waals surface area contributed by atoms with E-state index < -0.39 is 16.8 Å². The number of benzene rings is 2. The number of rotatable bonds is 4. The predicted octanol–water partition coefficient (Wildman–Crippen LogP) is 3.90. The van der Waals surface area contributed by atoms with E-state index in [4.69, 9.17) is 0 Å². The van der Waals surface area contributed by atoms with Gasteiger partial charge in [0.25, 0.3) is 5.69 Å². The lowest BCUT2D eigenvalue weighted by Gasteiger charge is -2.30. The van der Waals surface area contributed by atoms with Gasteiger partial charge in [-0.3, -0.25) is 10.1 Å². The highest BCUT2D eigenvalue weighted by Crippen LogP contribution is 2.49. The van der Waals surface area contributed by atoms with E-state index in [1.165, 1.54) is 23.5 Å². The number of carboxylic acids is 1. The van der Waals surface area contributed by atoms with Gasteiger partial charge in [0.15, 0.2) is 0 Å². The zero-order valence-electron chi connectivity index (χ0n) is 14.8. The highest BCUT2D eigenvalue weighted by atomic mass is 32.1. The van der Waals surface area contributed by atoms with Gasteiger partial charge >= 0.3 is 0 Å². The van der Waals surface area contributed by atoms with E-state index in [1.807, 2.05) is 35.7 Å². The molecule has 1 aliphatic rings. The number of nitrogens with zero attached hydrogens (tertiary/aromatic N) is 1. The Hall–Kier alpha value is -3.45. The second-order valence-electron chi connectivity index (χ2n) is 6.49. The first-order valence-corrected chi connectivity index (χ1v) is 9.45. The predicted molar refractivity (Wildman–Crippen MR) is 106 cm³/mol. The molecule has 0 fully saturated rings. The molecule has 0 bridgehead atoms. The van der Waals surface area contributed by atoms with Gasteiger partial charge in [0.05, 0.1) is 15.9 Å². The van der Waals surface area contributed by atoms with Crippen molar-refractivity contribution in [3.05, 3.63) is 92.5 Å². The average Bonchev–Trinajstić information content (AvgIpc) is 3.10. The molecule has 4 rings (SSSR count). The molecule has 0 amide bonds. The van der Waals surface area contributed by atoms with Gasteiger partial charge in [0.2, 0.25) is 0 Å². The Bertz CT molecular complexity index is 1120. The maximum atomic E-state index is 12.0. The quantitative estimate of drug-likeness (QED) is 0.537. The van der Waals surface area contributed by atoms with Crippen LogP contribution in [0.4, 0.5) is 10.7 Å². The number of hydrogen-bond acceptors (Lipinski definition) is 6. The van der Waals surface area contributed by atoms with Crippen LogP contribution in [-0.4, -0.2) is 10.9 Å². The minimum atomic E-state index is -1.29. The molecule has 0 radical (unpaired) electrons. The third-order valence-corrected chi connectivity index (χ3v) is 5.74. The van der Waals surface area contributed by atoms with Crippen LogP contribution in [0.1, 0.15) is 24.0 Å². The maximum Gasteiger partial charge on any atom is 0.269 e. The van der Waals surface area contributed by atoms with Crippen molar-refractivity contribution >= 4 is 28.0 Å². The maximum absolute atomic E-state index is 12.0. The first kappa shape index (κ1) is 17.9. The Labute approximate surface area is 164 Å². The molecule has 28 heavy (non-hydrogen) atoms. The van der Waals surface area contributed by atoms with E-state index in [9.17, 15) is 20.0 Å². The molecule has 2 aromatic carbocycles. The number of nitrogens with one attached hydrogen (secondary N) is 1. The van der Waals surface area contributed by atoms with E-state index in [1.54, 1.807) is 19.1 Å². The molecular weight excluding hydrogens is 376 g/mol. The SMILES string of the molecule is CC1=C(C(=O)[O-])C(c2cccc([N+](=O)[O-])c2)c2c(-c3ccccc3)csc2N1. The molecule has 2 heterocycles. The van der Waals surface area contributed by atoms with Gasteiger partial charge in [-0.2, -0.15) is 0 Å². The monoisotopic (exact) mass is 391 g/mol. The molecule has 7 heteroatoms. The number of allylic oxidation sites excluding steroid dienone is 1. The van der Waals surface area contributed by atoms with Crippen LogP contribution in [0.3, 0.4) is 0 Å². The Kier molecular flexibility index (Phi) is 4.44. The molecule has 0 spiro atoms. The molecule has 3 aromatic rings. The summed E-state index contributed by atoms with van der Waals surface area (Å²) in [7, 11) is 0. The summed E-state index contributed by atoms with van der Waals surface area (Å²) in [5.74, 6) is -1.96. The van der Waals surface area contributed by atoms with Gasteiger partial charge in [-0.25, -0.2) is 0 Å². The number of carbonyl (C=O) groups excluding carboxylic acids is 1. The standard InChI is InChI=1S/C21H16N2O4S/c1-12-17(21(24)25)18(14-8-5-9-15(10-14)23(26)27)19-16(11-28-20(19)22-12)13-6-3-2-4-7-13/h2-11,18,22H,1H3,(H,24,25)/p-1. The Morgan fingerprint density at radius 1 is 1.14 bits per heavy atom. The highest BCUT2D eigenvalue weighted by molar-refractivity contribution is 7.15. The van der Waals surface area contributed by atoms with Crippen LogP contribution in [0.2, 0.25) is 0 Å². The molecule has 0 saturated carbocycles. The topological polar surface area (TPSA) is 95.3 Å². The number of hydrogen-bond donors (Lipinski definition) is 1. The largest absolute Gasteiger partial charge is 0.545 e. The summed E-state index contributed by atoms with van der Waals surface area (Å²) in [5, 5.41) is 29.2. The second kappa shape index (κ2) is 6.94. The minimum Gasteiger partial charge on any atom is -0.545 e. The van der Waals surface area contributed by atoms with Crippen LogP contribution in [-0.2, 0) is 4.79 Å². The highest BCUT2D eigenvalue weighted by Gasteiger charge is 2.33. The van der Waals surface area contributed by atoms with Crippen molar-refractivity contribution in [2.75, 3.05) is 5.32 Å². The van der Waals surface area contributed by atoms with Crippen molar-refractivity contribution in [3.8, 4) is 11.1 Å². The molecule has 1 unspecified atom stereocenters. The fourth-order valence-corrected chi connectivity index (χ4v) is 4.68. The lowest BCUT2D eigenvalue weighted by molar-refractivity contribution is -0.384. The van der Waals surface area contributed by atoms with Crippen molar-refractivity contribution in [2.24, 2.45) is 0 Å². The van der Waals surface area contributed by atoms with Gasteiger partial charge in [0, 0.05) is 40.3 Å². The van der Waals surface area contributed by atoms with Crippen LogP contribution in [0.25, 0.3) is 11.1 Å². The van der Waals surface area contributed by atoms with Gasteiger partial charge in [0.1, 0.15) is 0 Å². The van der Waals surface area contributed by atoms with Crippen LogP contribution in [0.5, 0.6) is 0 Å². The lowest BCUT2D eigenvalue weighted by Crippen LogP contribution is -2.32.